The molecular formula is C13H27NO. The number of rotatable bonds is 6. The molecule has 0 aliphatic heterocycles. The second-order valence-electron chi connectivity index (χ2n) is 5.19. The molecule has 3 unspecified atom stereocenters. The van der Waals surface area contributed by atoms with Crippen LogP contribution in [0.4, 0.5) is 0 Å². The van der Waals surface area contributed by atoms with Crippen molar-refractivity contribution in [3.63, 3.8) is 0 Å². The van der Waals surface area contributed by atoms with E-state index in [1.165, 1.54) is 25.7 Å². The van der Waals surface area contributed by atoms with Crippen molar-refractivity contribution in [2.45, 2.75) is 65.0 Å². The van der Waals surface area contributed by atoms with E-state index in [0.717, 1.165) is 18.9 Å². The quantitative estimate of drug-likeness (QED) is 0.711. The Balaban J connectivity index is 2.17. The van der Waals surface area contributed by atoms with Gasteiger partial charge in [0.2, 0.25) is 0 Å². The zero-order chi connectivity index (χ0) is 11.3. The molecule has 1 saturated carbocycles. The molecule has 0 aromatic rings. The SMILES string of the molecule is CCC(C)C(O)CNC(C)C1CCCC1. The summed E-state index contributed by atoms with van der Waals surface area (Å²) in [7, 11) is 0. The number of hydrogen-bond donors (Lipinski definition) is 2. The second kappa shape index (κ2) is 6.49. The van der Waals surface area contributed by atoms with Crippen LogP contribution >= 0.6 is 0 Å². The molecule has 3 atom stereocenters. The summed E-state index contributed by atoms with van der Waals surface area (Å²) in [6.07, 6.45) is 6.40. The summed E-state index contributed by atoms with van der Waals surface area (Å²) in [6.45, 7) is 7.27. The minimum Gasteiger partial charge on any atom is -0.392 e. The van der Waals surface area contributed by atoms with Crippen LogP contribution in [0.5, 0.6) is 0 Å². The molecule has 90 valence electrons. The zero-order valence-corrected chi connectivity index (χ0v) is 10.5. The van der Waals surface area contributed by atoms with E-state index >= 15 is 0 Å². The van der Waals surface area contributed by atoms with Crippen LogP contribution in [0.2, 0.25) is 0 Å². The maximum atomic E-state index is 9.85. The molecule has 0 aromatic heterocycles. The van der Waals surface area contributed by atoms with E-state index in [1.807, 2.05) is 0 Å². The third-order valence-electron chi connectivity index (χ3n) is 4.06. The van der Waals surface area contributed by atoms with Crippen molar-refractivity contribution in [3.8, 4) is 0 Å². The van der Waals surface area contributed by atoms with Crippen molar-refractivity contribution in [2.75, 3.05) is 6.54 Å². The largest absolute Gasteiger partial charge is 0.392 e. The van der Waals surface area contributed by atoms with E-state index in [4.69, 9.17) is 0 Å². The third-order valence-corrected chi connectivity index (χ3v) is 4.06. The zero-order valence-electron chi connectivity index (χ0n) is 10.5. The lowest BCUT2D eigenvalue weighted by Crippen LogP contribution is -2.39. The molecule has 1 aliphatic carbocycles. The Morgan fingerprint density at radius 2 is 1.87 bits per heavy atom. The summed E-state index contributed by atoms with van der Waals surface area (Å²) in [5.41, 5.74) is 0. The van der Waals surface area contributed by atoms with Gasteiger partial charge in [-0.1, -0.05) is 33.1 Å². The van der Waals surface area contributed by atoms with E-state index in [1.54, 1.807) is 0 Å². The van der Waals surface area contributed by atoms with Crippen molar-refractivity contribution < 1.29 is 5.11 Å². The van der Waals surface area contributed by atoms with Gasteiger partial charge >= 0.3 is 0 Å². The molecule has 0 spiro atoms. The number of aliphatic hydroxyl groups is 1. The van der Waals surface area contributed by atoms with Gasteiger partial charge in [-0.05, 0) is 31.6 Å². The molecule has 0 saturated heterocycles. The molecule has 0 heterocycles. The van der Waals surface area contributed by atoms with E-state index in [9.17, 15) is 5.11 Å². The minimum absolute atomic E-state index is 0.182. The molecule has 2 N–H and O–H groups in total. The van der Waals surface area contributed by atoms with Gasteiger partial charge in [-0.2, -0.15) is 0 Å². The van der Waals surface area contributed by atoms with Gasteiger partial charge in [0.05, 0.1) is 6.10 Å². The van der Waals surface area contributed by atoms with Crippen molar-refractivity contribution in [1.29, 1.82) is 0 Å². The molecule has 0 radical (unpaired) electrons. The van der Waals surface area contributed by atoms with Crippen LogP contribution in [0.25, 0.3) is 0 Å². The summed E-state index contributed by atoms with van der Waals surface area (Å²) >= 11 is 0. The van der Waals surface area contributed by atoms with Crippen LogP contribution < -0.4 is 5.32 Å². The van der Waals surface area contributed by atoms with Crippen molar-refractivity contribution >= 4 is 0 Å². The molecule has 15 heavy (non-hydrogen) atoms. The van der Waals surface area contributed by atoms with E-state index in [2.05, 4.69) is 26.1 Å². The van der Waals surface area contributed by atoms with Crippen LogP contribution in [-0.2, 0) is 0 Å². The topological polar surface area (TPSA) is 32.3 Å². The molecule has 1 aliphatic rings. The summed E-state index contributed by atoms with van der Waals surface area (Å²) < 4.78 is 0. The molecular weight excluding hydrogens is 186 g/mol. The highest BCUT2D eigenvalue weighted by Crippen LogP contribution is 2.27. The number of aliphatic hydroxyl groups excluding tert-OH is 1. The monoisotopic (exact) mass is 213 g/mol. The second-order valence-corrected chi connectivity index (χ2v) is 5.19. The Labute approximate surface area is 94.5 Å². The van der Waals surface area contributed by atoms with Crippen molar-refractivity contribution in [3.05, 3.63) is 0 Å². The first-order valence-electron chi connectivity index (χ1n) is 6.56. The Bertz CT molecular complexity index is 166. The Morgan fingerprint density at radius 1 is 1.27 bits per heavy atom. The van der Waals surface area contributed by atoms with Gasteiger partial charge in [-0.15, -0.1) is 0 Å². The molecule has 2 heteroatoms. The average Bonchev–Trinajstić information content (AvgIpc) is 2.77. The van der Waals surface area contributed by atoms with Crippen molar-refractivity contribution in [2.24, 2.45) is 11.8 Å². The molecule has 2 nitrogen and oxygen atoms in total. The first kappa shape index (κ1) is 13.0. The van der Waals surface area contributed by atoms with Gasteiger partial charge in [0.1, 0.15) is 0 Å². The highest BCUT2D eigenvalue weighted by molar-refractivity contribution is 4.78. The van der Waals surface area contributed by atoms with E-state index in [0.29, 0.717) is 12.0 Å². The average molecular weight is 213 g/mol. The highest BCUT2D eigenvalue weighted by atomic mass is 16.3. The molecule has 1 fully saturated rings. The van der Waals surface area contributed by atoms with Gasteiger partial charge < -0.3 is 10.4 Å². The lowest BCUT2D eigenvalue weighted by Gasteiger charge is -2.24. The standard InChI is InChI=1S/C13H27NO/c1-4-10(2)13(15)9-14-11(3)12-7-5-6-8-12/h10-15H,4-9H2,1-3H3. The molecule has 0 aromatic carbocycles. The first-order chi connectivity index (χ1) is 7.15. The van der Waals surface area contributed by atoms with Crippen LogP contribution in [0, 0.1) is 11.8 Å². The predicted octanol–water partition coefficient (Wildman–Crippen LogP) is 2.56. The molecule has 0 amide bonds. The molecule has 1 rings (SSSR count). The third kappa shape index (κ3) is 4.12. The summed E-state index contributed by atoms with van der Waals surface area (Å²) in [5, 5.41) is 13.3. The lowest BCUT2D eigenvalue weighted by molar-refractivity contribution is 0.107. The predicted molar refractivity (Wildman–Crippen MR) is 64.9 cm³/mol. The fraction of sp³-hybridized carbons (Fsp3) is 1.00. The Morgan fingerprint density at radius 3 is 2.40 bits per heavy atom. The minimum atomic E-state index is -0.182. The maximum absolute atomic E-state index is 9.85. The fourth-order valence-corrected chi connectivity index (χ4v) is 2.40. The number of hydrogen-bond acceptors (Lipinski definition) is 2. The lowest BCUT2D eigenvalue weighted by atomic mass is 9.98. The van der Waals surface area contributed by atoms with Gasteiger partial charge in [0.15, 0.2) is 0 Å². The Kier molecular flexibility index (Phi) is 5.62. The van der Waals surface area contributed by atoms with Crippen LogP contribution in [0.15, 0.2) is 0 Å². The number of nitrogens with one attached hydrogen (secondary N) is 1. The smallest absolute Gasteiger partial charge is 0.0690 e. The van der Waals surface area contributed by atoms with E-state index in [-0.39, 0.29) is 6.10 Å². The fourth-order valence-electron chi connectivity index (χ4n) is 2.40. The van der Waals surface area contributed by atoms with Crippen LogP contribution in [0.3, 0.4) is 0 Å². The normalized spacial score (nSPS) is 24.0. The van der Waals surface area contributed by atoms with Crippen LogP contribution in [-0.4, -0.2) is 23.8 Å². The van der Waals surface area contributed by atoms with Crippen LogP contribution in [0.1, 0.15) is 52.9 Å². The summed E-state index contributed by atoms with van der Waals surface area (Å²) in [5.74, 6) is 1.25. The highest BCUT2D eigenvalue weighted by Gasteiger charge is 2.22. The van der Waals surface area contributed by atoms with E-state index < -0.39 is 0 Å². The van der Waals surface area contributed by atoms with Gasteiger partial charge in [0, 0.05) is 12.6 Å². The van der Waals surface area contributed by atoms with Gasteiger partial charge in [0.25, 0.3) is 0 Å². The Hall–Kier alpha value is -0.0800. The molecule has 0 bridgehead atoms. The summed E-state index contributed by atoms with van der Waals surface area (Å²) in [6, 6.07) is 0.575. The maximum Gasteiger partial charge on any atom is 0.0690 e. The van der Waals surface area contributed by atoms with Gasteiger partial charge in [-0.25, -0.2) is 0 Å². The first-order valence-corrected chi connectivity index (χ1v) is 6.56. The van der Waals surface area contributed by atoms with Crippen molar-refractivity contribution in [1.82, 2.24) is 5.32 Å². The summed E-state index contributed by atoms with van der Waals surface area (Å²) in [4.78, 5) is 0. The van der Waals surface area contributed by atoms with Gasteiger partial charge in [-0.3, -0.25) is 0 Å².